The van der Waals surface area contributed by atoms with E-state index in [2.05, 4.69) is 4.72 Å². The quantitative estimate of drug-likeness (QED) is 0.309. The number of rotatable bonds is 9. The number of carbonyl (C=O) groups is 1. The lowest BCUT2D eigenvalue weighted by Crippen LogP contribution is -2.07. The summed E-state index contributed by atoms with van der Waals surface area (Å²) in [5, 5.41) is 0.697. The Morgan fingerprint density at radius 2 is 1.38 bits per heavy atom. The van der Waals surface area contributed by atoms with Gasteiger partial charge in [0.1, 0.15) is 5.78 Å². The van der Waals surface area contributed by atoms with Crippen LogP contribution in [-0.4, -0.2) is 15.5 Å². The maximum Gasteiger partial charge on any atom is 0.150 e. The van der Waals surface area contributed by atoms with Crippen molar-refractivity contribution in [1.82, 2.24) is 0 Å². The third kappa shape index (κ3) is 6.87. The first-order valence-electron chi connectivity index (χ1n) is 10.8. The van der Waals surface area contributed by atoms with E-state index >= 15 is 0 Å². The zero-order valence-corrected chi connectivity index (χ0v) is 20.1. The standard InChI is InChI=1S/C28H24ClNO2S.H2O/c29-24-15-10-21(11-16-24)14-19-26(31)20-22-12-17-25(18-13-22)30-33(32)28-9-5-4-8-27(28)23-6-2-1-3-7-23;/h1-13,15-18,30H,14,19-20H2;1H2. The van der Waals surface area contributed by atoms with Crippen LogP contribution in [-0.2, 0) is 28.6 Å². The molecule has 34 heavy (non-hydrogen) atoms. The van der Waals surface area contributed by atoms with Crippen LogP contribution in [0.1, 0.15) is 17.5 Å². The monoisotopic (exact) mass is 491 g/mol. The highest BCUT2D eigenvalue weighted by Crippen LogP contribution is 2.27. The van der Waals surface area contributed by atoms with Crippen molar-refractivity contribution in [3.05, 3.63) is 119 Å². The van der Waals surface area contributed by atoms with E-state index < -0.39 is 11.0 Å². The van der Waals surface area contributed by atoms with Crippen LogP contribution in [0.3, 0.4) is 0 Å². The number of hydrogen-bond acceptors (Lipinski definition) is 2. The van der Waals surface area contributed by atoms with E-state index in [1.54, 1.807) is 0 Å². The minimum atomic E-state index is -1.42. The van der Waals surface area contributed by atoms with Crippen LogP contribution in [0.25, 0.3) is 11.1 Å². The summed E-state index contributed by atoms with van der Waals surface area (Å²) in [7, 11) is -1.42. The molecule has 1 atom stereocenters. The van der Waals surface area contributed by atoms with Gasteiger partial charge in [0.2, 0.25) is 0 Å². The van der Waals surface area contributed by atoms with Gasteiger partial charge >= 0.3 is 0 Å². The van der Waals surface area contributed by atoms with Crippen LogP contribution in [0.4, 0.5) is 5.69 Å². The van der Waals surface area contributed by atoms with E-state index in [0.717, 1.165) is 32.8 Å². The first-order chi connectivity index (χ1) is 16.1. The summed E-state index contributed by atoms with van der Waals surface area (Å²) in [6.07, 6.45) is 1.57. The van der Waals surface area contributed by atoms with Gasteiger partial charge in [0.05, 0.1) is 4.90 Å². The van der Waals surface area contributed by atoms with Crippen LogP contribution in [0.5, 0.6) is 0 Å². The van der Waals surface area contributed by atoms with Crippen LogP contribution in [0.2, 0.25) is 5.02 Å². The van der Waals surface area contributed by atoms with Gasteiger partial charge in [-0.25, -0.2) is 4.21 Å². The van der Waals surface area contributed by atoms with Gasteiger partial charge < -0.3 is 10.2 Å². The number of hydrogen-bond donors (Lipinski definition) is 1. The molecule has 0 heterocycles. The zero-order valence-electron chi connectivity index (χ0n) is 18.5. The van der Waals surface area contributed by atoms with Gasteiger partial charge in [0.15, 0.2) is 11.0 Å². The second-order valence-corrected chi connectivity index (χ2v) is 9.39. The normalized spacial score (nSPS) is 11.3. The molecule has 0 aliphatic carbocycles. The first kappa shape index (κ1) is 25.4. The Kier molecular flexibility index (Phi) is 9.16. The lowest BCUT2D eigenvalue weighted by molar-refractivity contribution is -0.118. The Morgan fingerprint density at radius 3 is 2.09 bits per heavy atom. The predicted octanol–water partition coefficient (Wildman–Crippen LogP) is 6.06. The van der Waals surface area contributed by atoms with Gasteiger partial charge in [-0.3, -0.25) is 4.79 Å². The fourth-order valence-corrected chi connectivity index (χ4v) is 4.76. The first-order valence-corrected chi connectivity index (χ1v) is 12.3. The molecule has 0 radical (unpaired) electrons. The molecule has 0 amide bonds. The van der Waals surface area contributed by atoms with Gasteiger partial charge in [-0.1, -0.05) is 84.4 Å². The molecule has 4 aromatic rings. The summed E-state index contributed by atoms with van der Waals surface area (Å²) < 4.78 is 16.1. The minimum absolute atomic E-state index is 0. The number of Topliss-reactive ketones (excluding diaryl/α,β-unsaturated/α-hetero) is 1. The summed E-state index contributed by atoms with van der Waals surface area (Å²) in [4.78, 5) is 13.1. The zero-order chi connectivity index (χ0) is 23.0. The van der Waals surface area contributed by atoms with Crippen molar-refractivity contribution in [3.63, 3.8) is 0 Å². The summed E-state index contributed by atoms with van der Waals surface area (Å²) in [5.74, 6) is 0.186. The second kappa shape index (κ2) is 12.3. The van der Waals surface area contributed by atoms with Crippen molar-refractivity contribution in [2.75, 3.05) is 4.72 Å². The van der Waals surface area contributed by atoms with E-state index in [1.165, 1.54) is 0 Å². The Labute approximate surface area is 207 Å². The highest BCUT2D eigenvalue weighted by atomic mass is 35.5. The molecular weight excluding hydrogens is 466 g/mol. The molecule has 4 aromatic carbocycles. The smallest absolute Gasteiger partial charge is 0.150 e. The predicted molar refractivity (Wildman–Crippen MR) is 140 cm³/mol. The van der Waals surface area contributed by atoms with Crippen LogP contribution < -0.4 is 4.72 Å². The van der Waals surface area contributed by atoms with Gasteiger partial charge in [-0.15, -0.1) is 0 Å². The van der Waals surface area contributed by atoms with Crippen LogP contribution >= 0.6 is 11.6 Å². The highest BCUT2D eigenvalue weighted by Gasteiger charge is 2.12. The van der Waals surface area contributed by atoms with Gasteiger partial charge in [0.25, 0.3) is 0 Å². The Balaban J connectivity index is 0.00000324. The molecule has 0 fully saturated rings. The maximum absolute atomic E-state index is 13.0. The topological polar surface area (TPSA) is 77.7 Å². The molecular formula is C28H26ClNO3S. The molecule has 174 valence electrons. The van der Waals surface area contributed by atoms with Crippen molar-refractivity contribution < 1.29 is 14.5 Å². The van der Waals surface area contributed by atoms with Crippen molar-refractivity contribution in [2.45, 2.75) is 24.2 Å². The largest absolute Gasteiger partial charge is 0.412 e. The fraction of sp³-hybridized carbons (Fsp3) is 0.107. The number of anilines is 1. The number of nitrogens with one attached hydrogen (secondary N) is 1. The van der Waals surface area contributed by atoms with Crippen molar-refractivity contribution in [1.29, 1.82) is 0 Å². The maximum atomic E-state index is 13.0. The number of carbonyl (C=O) groups excluding carboxylic acids is 1. The lowest BCUT2D eigenvalue weighted by atomic mass is 10.0. The summed E-state index contributed by atoms with van der Waals surface area (Å²) in [5.41, 5.74) is 4.75. The van der Waals surface area contributed by atoms with Crippen LogP contribution in [0, 0.1) is 0 Å². The van der Waals surface area contributed by atoms with Gasteiger partial charge in [-0.05, 0) is 59.0 Å². The fourth-order valence-electron chi connectivity index (χ4n) is 3.59. The SMILES string of the molecule is O.O=C(CCc1ccc(Cl)cc1)Cc1ccc(NS(=O)c2ccccc2-c2ccccc2)cc1. The third-order valence-electron chi connectivity index (χ3n) is 5.34. The lowest BCUT2D eigenvalue weighted by Gasteiger charge is -2.11. The molecule has 0 aliphatic rings. The average Bonchev–Trinajstić information content (AvgIpc) is 2.85. The molecule has 3 N–H and O–H groups in total. The summed E-state index contributed by atoms with van der Waals surface area (Å²) in [6, 6.07) is 32.7. The van der Waals surface area contributed by atoms with Gasteiger partial charge in [-0.2, -0.15) is 0 Å². The van der Waals surface area contributed by atoms with Crippen molar-refractivity contribution in [3.8, 4) is 11.1 Å². The van der Waals surface area contributed by atoms with E-state index in [9.17, 15) is 9.00 Å². The molecule has 4 rings (SSSR count). The number of aryl methyl sites for hydroxylation is 1. The Hall–Kier alpha value is -3.25. The molecule has 0 bridgehead atoms. The minimum Gasteiger partial charge on any atom is -0.412 e. The van der Waals surface area contributed by atoms with E-state index in [4.69, 9.17) is 11.6 Å². The summed E-state index contributed by atoms with van der Waals surface area (Å²) in [6.45, 7) is 0. The van der Waals surface area contributed by atoms with E-state index in [1.807, 2.05) is 103 Å². The third-order valence-corrected chi connectivity index (χ3v) is 6.77. The van der Waals surface area contributed by atoms with Crippen molar-refractivity contribution >= 4 is 34.1 Å². The molecule has 1 unspecified atom stereocenters. The second-order valence-electron chi connectivity index (χ2n) is 7.77. The summed E-state index contributed by atoms with van der Waals surface area (Å²) >= 11 is 5.91. The van der Waals surface area contributed by atoms with E-state index in [0.29, 0.717) is 24.3 Å². The molecule has 0 saturated carbocycles. The number of benzene rings is 4. The molecule has 4 nitrogen and oxygen atoms in total. The Morgan fingerprint density at radius 1 is 0.765 bits per heavy atom. The molecule has 6 heteroatoms. The van der Waals surface area contributed by atoms with E-state index in [-0.39, 0.29) is 11.3 Å². The number of halogens is 1. The Bertz CT molecular complexity index is 1240. The molecule has 0 saturated heterocycles. The van der Waals surface area contributed by atoms with Crippen LogP contribution in [0.15, 0.2) is 108 Å². The highest BCUT2D eigenvalue weighted by molar-refractivity contribution is 7.86. The molecule has 0 aliphatic heterocycles. The molecule has 0 aromatic heterocycles. The van der Waals surface area contributed by atoms with Crippen molar-refractivity contribution in [2.24, 2.45) is 0 Å². The van der Waals surface area contributed by atoms with Gasteiger partial charge in [0, 0.05) is 23.6 Å². The average molecular weight is 492 g/mol. The number of ketones is 1. The molecule has 0 spiro atoms.